The lowest BCUT2D eigenvalue weighted by Gasteiger charge is -2.08. The quantitative estimate of drug-likeness (QED) is 0.756. The molecule has 2 rings (SSSR count). The molecule has 6 heteroatoms. The van der Waals surface area contributed by atoms with Gasteiger partial charge in [-0.1, -0.05) is 30.4 Å². The number of nitrogens with one attached hydrogen (secondary N) is 1. The van der Waals surface area contributed by atoms with Crippen LogP contribution < -0.4 is 11.1 Å². The monoisotopic (exact) mass is 304 g/mol. The number of carbonyl (C=O) groups is 1. The minimum absolute atomic E-state index is 0.111. The molecule has 4 nitrogen and oxygen atoms in total. The highest BCUT2D eigenvalue weighted by Gasteiger charge is 2.12. The number of amides is 1. The molecule has 0 saturated heterocycles. The molecule has 21 heavy (non-hydrogen) atoms. The summed E-state index contributed by atoms with van der Waals surface area (Å²) < 4.78 is 13.1. The Morgan fingerprint density at radius 3 is 2.76 bits per heavy atom. The van der Waals surface area contributed by atoms with Gasteiger partial charge in [-0.15, -0.1) is 0 Å². The van der Waals surface area contributed by atoms with E-state index in [4.69, 9.17) is 18.0 Å². The van der Waals surface area contributed by atoms with E-state index in [1.165, 1.54) is 0 Å². The van der Waals surface area contributed by atoms with Crippen molar-refractivity contribution >= 4 is 23.1 Å². The third kappa shape index (κ3) is 3.76. The largest absolute Gasteiger partial charge is 0.507 e. The molecule has 1 amide bonds. The Morgan fingerprint density at radius 1 is 1.29 bits per heavy atom. The lowest BCUT2D eigenvalue weighted by atomic mass is 10.1. The minimum atomic E-state index is -0.589. The summed E-state index contributed by atoms with van der Waals surface area (Å²) in [5, 5.41) is 12.2. The molecule has 0 aliphatic carbocycles. The van der Waals surface area contributed by atoms with Crippen molar-refractivity contribution in [1.29, 1.82) is 0 Å². The van der Waals surface area contributed by atoms with Crippen molar-refractivity contribution in [2.24, 2.45) is 5.73 Å². The Hall–Kier alpha value is -2.47. The number of phenols is 1. The van der Waals surface area contributed by atoms with Crippen LogP contribution >= 0.6 is 12.2 Å². The van der Waals surface area contributed by atoms with E-state index < -0.39 is 11.7 Å². The average Bonchev–Trinajstić information content (AvgIpc) is 2.47. The summed E-state index contributed by atoms with van der Waals surface area (Å²) in [6, 6.07) is 10.3. The topological polar surface area (TPSA) is 75.3 Å². The SMILES string of the molecule is NC(=S)c1cccc(CNC(=O)c2cc(F)ccc2O)c1. The third-order valence-electron chi connectivity index (χ3n) is 2.87. The highest BCUT2D eigenvalue weighted by atomic mass is 32.1. The predicted octanol–water partition coefficient (Wildman–Crippen LogP) is 2.10. The van der Waals surface area contributed by atoms with Crippen molar-refractivity contribution in [3.8, 4) is 5.75 Å². The van der Waals surface area contributed by atoms with Gasteiger partial charge in [0.25, 0.3) is 5.91 Å². The van der Waals surface area contributed by atoms with Gasteiger partial charge < -0.3 is 16.2 Å². The molecule has 4 N–H and O–H groups in total. The normalized spacial score (nSPS) is 10.1. The van der Waals surface area contributed by atoms with E-state index in [1.807, 2.05) is 0 Å². The fourth-order valence-electron chi connectivity index (χ4n) is 1.80. The van der Waals surface area contributed by atoms with Gasteiger partial charge >= 0.3 is 0 Å². The maximum atomic E-state index is 13.1. The molecule has 0 atom stereocenters. The zero-order valence-electron chi connectivity index (χ0n) is 11.0. The number of thiocarbonyl (C=S) groups is 1. The zero-order chi connectivity index (χ0) is 15.4. The summed E-state index contributed by atoms with van der Waals surface area (Å²) in [6.45, 7) is 0.214. The number of hydrogen-bond acceptors (Lipinski definition) is 3. The minimum Gasteiger partial charge on any atom is -0.507 e. The van der Waals surface area contributed by atoms with E-state index in [2.05, 4.69) is 5.32 Å². The standard InChI is InChI=1S/C15H13FN2O2S/c16-11-4-5-13(19)12(7-11)15(20)18-8-9-2-1-3-10(6-9)14(17)21/h1-7,19H,8H2,(H2,17,21)(H,18,20). The van der Waals surface area contributed by atoms with E-state index in [0.29, 0.717) is 5.56 Å². The summed E-state index contributed by atoms with van der Waals surface area (Å²) in [5.74, 6) is -1.42. The first-order valence-corrected chi connectivity index (χ1v) is 6.53. The van der Waals surface area contributed by atoms with E-state index in [0.717, 1.165) is 23.8 Å². The van der Waals surface area contributed by atoms with Crippen LogP contribution in [-0.4, -0.2) is 16.0 Å². The van der Waals surface area contributed by atoms with Crippen LogP contribution in [0.3, 0.4) is 0 Å². The second-order valence-electron chi connectivity index (χ2n) is 4.41. The number of aromatic hydroxyl groups is 1. The molecule has 0 bridgehead atoms. The Morgan fingerprint density at radius 2 is 2.05 bits per heavy atom. The second kappa shape index (κ2) is 6.32. The van der Waals surface area contributed by atoms with Crippen molar-refractivity contribution in [2.45, 2.75) is 6.54 Å². The molecular formula is C15H13FN2O2S. The van der Waals surface area contributed by atoms with Crippen molar-refractivity contribution in [1.82, 2.24) is 5.32 Å². The molecule has 0 radical (unpaired) electrons. The summed E-state index contributed by atoms with van der Waals surface area (Å²) >= 11 is 4.88. The first-order valence-electron chi connectivity index (χ1n) is 6.13. The van der Waals surface area contributed by atoms with E-state index in [9.17, 15) is 14.3 Å². The average molecular weight is 304 g/mol. The third-order valence-corrected chi connectivity index (χ3v) is 3.10. The van der Waals surface area contributed by atoms with Gasteiger partial charge in [-0.05, 0) is 29.8 Å². The van der Waals surface area contributed by atoms with Crippen molar-refractivity contribution < 1.29 is 14.3 Å². The number of rotatable bonds is 4. The van der Waals surface area contributed by atoms with E-state index in [1.54, 1.807) is 24.3 Å². The highest BCUT2D eigenvalue weighted by Crippen LogP contribution is 2.17. The molecule has 108 valence electrons. The Bertz CT molecular complexity index is 704. The highest BCUT2D eigenvalue weighted by molar-refractivity contribution is 7.80. The van der Waals surface area contributed by atoms with E-state index >= 15 is 0 Å². The van der Waals surface area contributed by atoms with Gasteiger partial charge in [-0.2, -0.15) is 0 Å². The Kier molecular flexibility index (Phi) is 4.49. The van der Waals surface area contributed by atoms with Crippen LogP contribution in [0, 0.1) is 5.82 Å². The number of halogens is 1. The molecule has 0 unspecified atom stereocenters. The second-order valence-corrected chi connectivity index (χ2v) is 4.85. The van der Waals surface area contributed by atoms with Gasteiger partial charge in [0.05, 0.1) is 5.56 Å². The van der Waals surface area contributed by atoms with Crippen molar-refractivity contribution in [2.75, 3.05) is 0 Å². The fourth-order valence-corrected chi connectivity index (χ4v) is 1.93. The summed E-state index contributed by atoms with van der Waals surface area (Å²) in [6.07, 6.45) is 0. The molecule has 0 aliphatic rings. The van der Waals surface area contributed by atoms with Crippen molar-refractivity contribution in [3.05, 3.63) is 65.0 Å². The maximum Gasteiger partial charge on any atom is 0.255 e. The summed E-state index contributed by atoms with van der Waals surface area (Å²) in [5.41, 5.74) is 6.92. The number of hydrogen-bond donors (Lipinski definition) is 3. The van der Waals surface area contributed by atoms with Crippen LogP contribution in [0.2, 0.25) is 0 Å². The van der Waals surface area contributed by atoms with Crippen molar-refractivity contribution in [3.63, 3.8) is 0 Å². The fraction of sp³-hybridized carbons (Fsp3) is 0.0667. The van der Waals surface area contributed by atoms with Crippen LogP contribution in [0.4, 0.5) is 4.39 Å². The van der Waals surface area contributed by atoms with Crippen LogP contribution in [0.25, 0.3) is 0 Å². The van der Waals surface area contributed by atoms with Crippen LogP contribution in [0.1, 0.15) is 21.5 Å². The van der Waals surface area contributed by atoms with Gasteiger partial charge in [0, 0.05) is 12.1 Å². The summed E-state index contributed by atoms with van der Waals surface area (Å²) in [7, 11) is 0. The van der Waals surface area contributed by atoms with Crippen LogP contribution in [0.15, 0.2) is 42.5 Å². The van der Waals surface area contributed by atoms with Gasteiger partial charge in [0.1, 0.15) is 16.6 Å². The van der Waals surface area contributed by atoms with Gasteiger partial charge in [0.2, 0.25) is 0 Å². The van der Waals surface area contributed by atoms with Crippen LogP contribution in [0.5, 0.6) is 5.75 Å². The number of benzene rings is 2. The smallest absolute Gasteiger partial charge is 0.255 e. The van der Waals surface area contributed by atoms with E-state index in [-0.39, 0.29) is 22.8 Å². The lowest BCUT2D eigenvalue weighted by molar-refractivity contribution is 0.0947. The predicted molar refractivity (Wildman–Crippen MR) is 81.6 cm³/mol. The molecule has 0 aliphatic heterocycles. The number of phenolic OH excluding ortho intramolecular Hbond substituents is 1. The molecule has 0 saturated carbocycles. The zero-order valence-corrected chi connectivity index (χ0v) is 11.8. The molecule has 0 fully saturated rings. The molecule has 2 aromatic carbocycles. The Balaban J connectivity index is 2.09. The first-order chi connectivity index (χ1) is 9.97. The first kappa shape index (κ1) is 14.9. The molecular weight excluding hydrogens is 291 g/mol. The van der Waals surface area contributed by atoms with Crippen LogP contribution in [-0.2, 0) is 6.54 Å². The van der Waals surface area contributed by atoms with Gasteiger partial charge in [0.15, 0.2) is 0 Å². The number of carbonyl (C=O) groups excluding carboxylic acids is 1. The molecule has 0 spiro atoms. The number of nitrogens with two attached hydrogens (primary N) is 1. The lowest BCUT2D eigenvalue weighted by Crippen LogP contribution is -2.23. The summed E-state index contributed by atoms with van der Waals surface area (Å²) in [4.78, 5) is 12.2. The molecule has 0 heterocycles. The maximum absolute atomic E-state index is 13.1. The molecule has 2 aromatic rings. The van der Waals surface area contributed by atoms with Gasteiger partial charge in [-0.25, -0.2) is 4.39 Å². The Labute approximate surface area is 126 Å². The molecule has 0 aromatic heterocycles. The van der Waals surface area contributed by atoms with Gasteiger partial charge in [-0.3, -0.25) is 4.79 Å².